The zero-order valence-electron chi connectivity index (χ0n) is 11.6. The Hall–Kier alpha value is -1.14. The first kappa shape index (κ1) is 16.9. The summed E-state index contributed by atoms with van der Waals surface area (Å²) in [6, 6.07) is -0.616. The molecule has 2 N–H and O–H groups in total. The molecule has 18 heavy (non-hydrogen) atoms. The first-order chi connectivity index (χ1) is 8.46. The maximum atomic E-state index is 11.7. The van der Waals surface area contributed by atoms with Gasteiger partial charge in [-0.15, -0.1) is 0 Å². The average molecular weight is 260 g/mol. The van der Waals surface area contributed by atoms with E-state index in [-0.39, 0.29) is 25.0 Å². The highest BCUT2D eigenvalue weighted by Gasteiger charge is 2.26. The highest BCUT2D eigenvalue weighted by molar-refractivity contribution is 5.85. The van der Waals surface area contributed by atoms with Gasteiger partial charge in [0.15, 0.2) is 0 Å². The molecule has 0 aliphatic carbocycles. The van der Waals surface area contributed by atoms with Gasteiger partial charge in [0.1, 0.15) is 6.04 Å². The molecule has 0 aromatic carbocycles. The third-order valence-electron chi connectivity index (χ3n) is 2.88. The summed E-state index contributed by atoms with van der Waals surface area (Å²) in [5.74, 6) is -0.659. The topological polar surface area (TPSA) is 78.9 Å². The number of methoxy groups -OCH3 is 1. The number of rotatable bonds is 8. The van der Waals surface area contributed by atoms with Crippen molar-refractivity contribution in [1.29, 1.82) is 0 Å². The van der Waals surface area contributed by atoms with E-state index in [0.29, 0.717) is 6.54 Å². The molecule has 6 nitrogen and oxygen atoms in total. The molecule has 0 aliphatic heterocycles. The minimum absolute atomic E-state index is 0.00439. The van der Waals surface area contributed by atoms with E-state index in [4.69, 9.17) is 5.11 Å². The molecule has 0 bridgehead atoms. The van der Waals surface area contributed by atoms with Gasteiger partial charge in [0.05, 0.1) is 20.3 Å². The maximum Gasteiger partial charge on any atom is 0.328 e. The third-order valence-corrected chi connectivity index (χ3v) is 2.88. The second-order valence-electron chi connectivity index (χ2n) is 4.42. The Kier molecular flexibility index (Phi) is 8.32. The molecule has 106 valence electrons. The molecular weight excluding hydrogens is 236 g/mol. The largest absolute Gasteiger partial charge is 0.467 e. The number of ether oxygens (including phenoxy) is 1. The molecule has 0 radical (unpaired) electrons. The molecule has 0 saturated carbocycles. The van der Waals surface area contributed by atoms with Crippen LogP contribution in [0.4, 0.5) is 0 Å². The Morgan fingerprint density at radius 2 is 2.06 bits per heavy atom. The molecule has 0 spiro atoms. The molecule has 6 heteroatoms. The van der Waals surface area contributed by atoms with Gasteiger partial charge in [-0.1, -0.05) is 20.3 Å². The molecule has 0 rings (SSSR count). The summed E-state index contributed by atoms with van der Waals surface area (Å²) in [4.78, 5) is 25.0. The van der Waals surface area contributed by atoms with Gasteiger partial charge in [-0.2, -0.15) is 0 Å². The maximum absolute atomic E-state index is 11.7. The number of amides is 1. The van der Waals surface area contributed by atoms with Crippen LogP contribution in [0.1, 0.15) is 20.3 Å². The Labute approximate surface area is 108 Å². The van der Waals surface area contributed by atoms with Gasteiger partial charge in [0.25, 0.3) is 0 Å². The lowest BCUT2D eigenvalue weighted by molar-refractivity contribution is -0.146. The van der Waals surface area contributed by atoms with E-state index in [1.165, 1.54) is 7.11 Å². The first-order valence-corrected chi connectivity index (χ1v) is 6.12. The number of likely N-dealkylation sites (N-methyl/N-ethyl adjacent to an activating group) is 1. The van der Waals surface area contributed by atoms with Crippen LogP contribution in [0.2, 0.25) is 0 Å². The predicted molar refractivity (Wildman–Crippen MR) is 68.0 cm³/mol. The molecule has 0 fully saturated rings. The zero-order valence-corrected chi connectivity index (χ0v) is 11.6. The highest BCUT2D eigenvalue weighted by Crippen LogP contribution is 2.09. The number of carbonyl (C=O) groups is 2. The Balaban J connectivity index is 4.40. The average Bonchev–Trinajstić information content (AvgIpc) is 2.34. The summed E-state index contributed by atoms with van der Waals surface area (Å²) in [6.45, 7) is 4.39. The van der Waals surface area contributed by atoms with Crippen molar-refractivity contribution in [2.45, 2.75) is 26.3 Å². The van der Waals surface area contributed by atoms with Crippen molar-refractivity contribution in [3.05, 3.63) is 0 Å². The van der Waals surface area contributed by atoms with Crippen molar-refractivity contribution in [3.8, 4) is 0 Å². The Bertz CT molecular complexity index is 271. The molecule has 2 atom stereocenters. The summed E-state index contributed by atoms with van der Waals surface area (Å²) in [5.41, 5.74) is 0. The van der Waals surface area contributed by atoms with Gasteiger partial charge in [-0.3, -0.25) is 9.69 Å². The van der Waals surface area contributed by atoms with Crippen molar-refractivity contribution in [3.63, 3.8) is 0 Å². The lowest BCUT2D eigenvalue weighted by atomic mass is 9.99. The van der Waals surface area contributed by atoms with Crippen molar-refractivity contribution >= 4 is 11.9 Å². The summed E-state index contributed by atoms with van der Waals surface area (Å²) in [5, 5.41) is 11.4. The fourth-order valence-electron chi connectivity index (χ4n) is 1.51. The summed E-state index contributed by atoms with van der Waals surface area (Å²) >= 11 is 0. The van der Waals surface area contributed by atoms with Crippen LogP contribution in [0, 0.1) is 5.92 Å². The third kappa shape index (κ3) is 5.97. The predicted octanol–water partition coefficient (Wildman–Crippen LogP) is -0.386. The van der Waals surface area contributed by atoms with E-state index in [0.717, 1.165) is 6.42 Å². The quantitative estimate of drug-likeness (QED) is 0.581. The minimum Gasteiger partial charge on any atom is -0.467 e. The van der Waals surface area contributed by atoms with Crippen LogP contribution in [-0.4, -0.2) is 61.8 Å². The number of aliphatic hydroxyl groups is 1. The number of carbonyl (C=O) groups excluding carboxylic acids is 2. The number of nitrogens with one attached hydrogen (secondary N) is 1. The number of nitrogens with zero attached hydrogens (tertiary/aromatic N) is 1. The standard InChI is InChI=1S/C12H24N2O4/c1-5-9(2)11(12(17)18-4)13-10(16)8-14(3)6-7-15/h9,11,15H,5-8H2,1-4H3,(H,13,16)/t9-,11+/m0/s1. The van der Waals surface area contributed by atoms with E-state index in [1.54, 1.807) is 11.9 Å². The lowest BCUT2D eigenvalue weighted by Crippen LogP contribution is -2.48. The second-order valence-corrected chi connectivity index (χ2v) is 4.42. The van der Waals surface area contributed by atoms with Crippen LogP contribution in [0.15, 0.2) is 0 Å². The van der Waals surface area contributed by atoms with Crippen molar-refractivity contribution in [1.82, 2.24) is 10.2 Å². The normalized spacial score (nSPS) is 14.1. The molecule has 0 heterocycles. The molecular formula is C12H24N2O4. The number of hydrogen-bond acceptors (Lipinski definition) is 5. The van der Waals surface area contributed by atoms with Crippen molar-refractivity contribution in [2.75, 3.05) is 33.9 Å². The number of aliphatic hydroxyl groups excluding tert-OH is 1. The number of hydrogen-bond donors (Lipinski definition) is 2. The van der Waals surface area contributed by atoms with Crippen LogP contribution >= 0.6 is 0 Å². The Morgan fingerprint density at radius 1 is 1.44 bits per heavy atom. The van der Waals surface area contributed by atoms with Crippen molar-refractivity contribution in [2.24, 2.45) is 5.92 Å². The second kappa shape index (κ2) is 8.88. The fraction of sp³-hybridized carbons (Fsp3) is 0.833. The zero-order chi connectivity index (χ0) is 14.1. The summed E-state index contributed by atoms with van der Waals surface area (Å²) in [6.07, 6.45) is 0.770. The molecule has 0 saturated heterocycles. The molecule has 0 aromatic heterocycles. The van der Waals surface area contributed by atoms with Crippen LogP contribution < -0.4 is 5.32 Å². The van der Waals surface area contributed by atoms with Gasteiger partial charge >= 0.3 is 5.97 Å². The van der Waals surface area contributed by atoms with Crippen LogP contribution in [0.3, 0.4) is 0 Å². The fourth-order valence-corrected chi connectivity index (χ4v) is 1.51. The van der Waals surface area contributed by atoms with E-state index < -0.39 is 12.0 Å². The molecule has 0 aliphatic rings. The number of esters is 1. The molecule has 0 unspecified atom stereocenters. The smallest absolute Gasteiger partial charge is 0.328 e. The van der Waals surface area contributed by atoms with E-state index in [2.05, 4.69) is 10.1 Å². The summed E-state index contributed by atoms with van der Waals surface area (Å²) < 4.78 is 4.68. The van der Waals surface area contributed by atoms with Crippen LogP contribution in [0.5, 0.6) is 0 Å². The first-order valence-electron chi connectivity index (χ1n) is 6.12. The van der Waals surface area contributed by atoms with Gasteiger partial charge in [0, 0.05) is 6.54 Å². The minimum atomic E-state index is -0.616. The van der Waals surface area contributed by atoms with E-state index in [1.807, 2.05) is 13.8 Å². The highest BCUT2D eigenvalue weighted by atomic mass is 16.5. The van der Waals surface area contributed by atoms with Gasteiger partial charge in [-0.05, 0) is 13.0 Å². The van der Waals surface area contributed by atoms with E-state index in [9.17, 15) is 9.59 Å². The van der Waals surface area contributed by atoms with Crippen LogP contribution in [-0.2, 0) is 14.3 Å². The van der Waals surface area contributed by atoms with Gasteiger partial charge < -0.3 is 15.2 Å². The SMILES string of the molecule is CC[C@H](C)[C@@H](NC(=O)CN(C)CCO)C(=O)OC. The van der Waals surface area contributed by atoms with Crippen LogP contribution in [0.25, 0.3) is 0 Å². The monoisotopic (exact) mass is 260 g/mol. The summed E-state index contributed by atoms with van der Waals surface area (Å²) in [7, 11) is 3.04. The lowest BCUT2D eigenvalue weighted by Gasteiger charge is -2.23. The van der Waals surface area contributed by atoms with Gasteiger partial charge in [0.2, 0.25) is 5.91 Å². The Morgan fingerprint density at radius 3 is 2.50 bits per heavy atom. The van der Waals surface area contributed by atoms with E-state index >= 15 is 0 Å². The molecule has 0 aromatic rings. The molecule has 1 amide bonds. The van der Waals surface area contributed by atoms with Gasteiger partial charge in [-0.25, -0.2) is 4.79 Å². The van der Waals surface area contributed by atoms with Crippen molar-refractivity contribution < 1.29 is 19.4 Å².